The van der Waals surface area contributed by atoms with E-state index in [1.807, 2.05) is 0 Å². The first-order valence-electron chi connectivity index (χ1n) is 5.53. The highest BCUT2D eigenvalue weighted by Crippen LogP contribution is 2.29. The molecule has 0 bridgehead atoms. The number of methoxy groups -OCH3 is 1. The molecule has 1 heterocycles. The van der Waals surface area contributed by atoms with Crippen LogP contribution in [0.3, 0.4) is 0 Å². The van der Waals surface area contributed by atoms with Crippen molar-refractivity contribution < 1.29 is 32.2 Å². The molecule has 20 heavy (non-hydrogen) atoms. The van der Waals surface area contributed by atoms with E-state index in [-0.39, 0.29) is 30.2 Å². The fraction of sp³-hybridized carbons (Fsp3) is 0.455. The third-order valence-electron chi connectivity index (χ3n) is 2.17. The van der Waals surface area contributed by atoms with Gasteiger partial charge in [0.05, 0.1) is 13.7 Å². The molecule has 9 heteroatoms. The number of carbonyl (C=O) groups is 1. The van der Waals surface area contributed by atoms with Crippen LogP contribution in [0.25, 0.3) is 0 Å². The molecule has 0 saturated heterocycles. The van der Waals surface area contributed by atoms with Crippen LogP contribution in [0.1, 0.15) is 23.0 Å². The van der Waals surface area contributed by atoms with E-state index in [0.717, 1.165) is 6.07 Å². The number of nitrogens with zero attached hydrogens (tertiary/aromatic N) is 1. The molecule has 6 nitrogen and oxygen atoms in total. The average molecular weight is 294 g/mol. The van der Waals surface area contributed by atoms with Crippen molar-refractivity contribution in [1.82, 2.24) is 4.98 Å². The van der Waals surface area contributed by atoms with Gasteiger partial charge in [-0.1, -0.05) is 0 Å². The third kappa shape index (κ3) is 3.98. The van der Waals surface area contributed by atoms with Crippen LogP contribution >= 0.6 is 0 Å². The summed E-state index contributed by atoms with van der Waals surface area (Å²) >= 11 is 0. The molecule has 0 amide bonds. The zero-order valence-corrected chi connectivity index (χ0v) is 10.8. The Morgan fingerprint density at radius 3 is 2.55 bits per heavy atom. The lowest BCUT2D eigenvalue weighted by molar-refractivity contribution is -0.276. The number of ether oxygens (including phenoxy) is 3. The van der Waals surface area contributed by atoms with Crippen LogP contribution in [0, 0.1) is 0 Å². The summed E-state index contributed by atoms with van der Waals surface area (Å²) in [5, 5.41) is 0. The zero-order valence-electron chi connectivity index (χ0n) is 10.8. The predicted octanol–water partition coefficient (Wildman–Crippen LogP) is 1.62. The average Bonchev–Trinajstić information content (AvgIpc) is 2.35. The summed E-state index contributed by atoms with van der Waals surface area (Å²) in [7, 11) is 1.22. The van der Waals surface area contributed by atoms with E-state index >= 15 is 0 Å². The fourth-order valence-corrected chi connectivity index (χ4v) is 1.44. The van der Waals surface area contributed by atoms with Crippen LogP contribution in [0.4, 0.5) is 13.2 Å². The summed E-state index contributed by atoms with van der Waals surface area (Å²) in [6, 6.07) is 0.901. The Bertz CT molecular complexity index is 491. The number of carbonyl (C=O) groups excluding carboxylic acids is 1. The highest BCUT2D eigenvalue weighted by Gasteiger charge is 2.33. The molecule has 0 radical (unpaired) electrons. The van der Waals surface area contributed by atoms with Gasteiger partial charge in [-0.15, -0.1) is 13.2 Å². The number of hydrogen-bond acceptors (Lipinski definition) is 6. The molecule has 0 aromatic carbocycles. The van der Waals surface area contributed by atoms with Crippen LogP contribution < -0.4 is 15.2 Å². The maximum absolute atomic E-state index is 12.2. The Kier molecular flexibility index (Phi) is 5.14. The summed E-state index contributed by atoms with van der Waals surface area (Å²) in [6.45, 7) is 1.43. The first-order chi connectivity index (χ1) is 9.32. The second-order valence-electron chi connectivity index (χ2n) is 3.46. The number of nitrogens with two attached hydrogens (primary N) is 1. The largest absolute Gasteiger partial charge is 0.574 e. The fourth-order valence-electron chi connectivity index (χ4n) is 1.44. The molecule has 2 N–H and O–H groups in total. The van der Waals surface area contributed by atoms with Gasteiger partial charge in [0.25, 0.3) is 0 Å². The number of rotatable bonds is 5. The molecular weight excluding hydrogens is 281 g/mol. The summed E-state index contributed by atoms with van der Waals surface area (Å²) in [6.07, 6.45) is -4.94. The van der Waals surface area contributed by atoms with Crippen LogP contribution in [0.15, 0.2) is 6.07 Å². The second-order valence-corrected chi connectivity index (χ2v) is 3.46. The van der Waals surface area contributed by atoms with Crippen molar-refractivity contribution in [3.63, 3.8) is 0 Å². The minimum atomic E-state index is -4.94. The highest BCUT2D eigenvalue weighted by atomic mass is 19.4. The summed E-state index contributed by atoms with van der Waals surface area (Å²) < 4.78 is 49.9. The van der Waals surface area contributed by atoms with Crippen molar-refractivity contribution in [3.05, 3.63) is 17.3 Å². The number of esters is 1. The van der Waals surface area contributed by atoms with Crippen molar-refractivity contribution in [3.8, 4) is 11.6 Å². The van der Waals surface area contributed by atoms with Gasteiger partial charge in [0.15, 0.2) is 5.69 Å². The lowest BCUT2D eigenvalue weighted by Gasteiger charge is -2.14. The van der Waals surface area contributed by atoms with Crippen molar-refractivity contribution >= 4 is 5.97 Å². The quantitative estimate of drug-likeness (QED) is 0.831. The molecule has 0 spiro atoms. The predicted molar refractivity (Wildman–Crippen MR) is 61.3 cm³/mol. The zero-order chi connectivity index (χ0) is 15.3. The molecule has 0 aliphatic heterocycles. The first kappa shape index (κ1) is 16.0. The number of alkyl halides is 3. The van der Waals surface area contributed by atoms with E-state index in [2.05, 4.69) is 9.72 Å². The van der Waals surface area contributed by atoms with Crippen LogP contribution in [0.2, 0.25) is 0 Å². The monoisotopic (exact) mass is 294 g/mol. The van der Waals surface area contributed by atoms with Gasteiger partial charge in [-0.25, -0.2) is 9.78 Å². The van der Waals surface area contributed by atoms with Gasteiger partial charge >= 0.3 is 12.3 Å². The van der Waals surface area contributed by atoms with Crippen molar-refractivity contribution in [2.45, 2.75) is 19.8 Å². The third-order valence-corrected chi connectivity index (χ3v) is 2.17. The van der Waals surface area contributed by atoms with E-state index in [9.17, 15) is 18.0 Å². The number of pyridine rings is 1. The van der Waals surface area contributed by atoms with Gasteiger partial charge in [-0.05, 0) is 6.92 Å². The maximum Gasteiger partial charge on any atom is 0.574 e. The van der Waals surface area contributed by atoms with Gasteiger partial charge in [0, 0.05) is 18.2 Å². The minimum absolute atomic E-state index is 0.0372. The summed E-state index contributed by atoms with van der Waals surface area (Å²) in [5.41, 5.74) is 5.22. The van der Waals surface area contributed by atoms with Gasteiger partial charge < -0.3 is 19.9 Å². The summed E-state index contributed by atoms with van der Waals surface area (Å²) in [5.74, 6) is -1.77. The minimum Gasteiger partial charge on any atom is -0.496 e. The highest BCUT2D eigenvalue weighted by molar-refractivity contribution is 5.90. The van der Waals surface area contributed by atoms with E-state index in [1.54, 1.807) is 6.92 Å². The Morgan fingerprint density at radius 2 is 2.10 bits per heavy atom. The summed E-state index contributed by atoms with van der Waals surface area (Å²) in [4.78, 5) is 15.2. The lowest BCUT2D eigenvalue weighted by atomic mass is 10.1. The van der Waals surface area contributed by atoms with Gasteiger partial charge in [0.1, 0.15) is 5.75 Å². The standard InChI is InChI=1S/C11H13F3N2O4/c1-3-19-10(17)9-6(5-15)7(18-2)4-8(16-9)20-11(12,13)14/h4H,3,5,15H2,1-2H3. The number of aromatic nitrogens is 1. The van der Waals surface area contributed by atoms with Gasteiger partial charge in [-0.2, -0.15) is 0 Å². The van der Waals surface area contributed by atoms with Gasteiger partial charge in [-0.3, -0.25) is 0 Å². The molecule has 0 unspecified atom stereocenters. The maximum atomic E-state index is 12.2. The smallest absolute Gasteiger partial charge is 0.496 e. The molecule has 0 atom stereocenters. The molecule has 0 saturated carbocycles. The number of hydrogen-bond donors (Lipinski definition) is 1. The van der Waals surface area contributed by atoms with E-state index in [0.29, 0.717) is 0 Å². The van der Waals surface area contributed by atoms with Crippen molar-refractivity contribution in [2.75, 3.05) is 13.7 Å². The normalized spacial score (nSPS) is 11.1. The Morgan fingerprint density at radius 1 is 1.45 bits per heavy atom. The van der Waals surface area contributed by atoms with E-state index in [4.69, 9.17) is 15.2 Å². The van der Waals surface area contributed by atoms with Gasteiger partial charge in [0.2, 0.25) is 5.88 Å². The molecular formula is C11H13F3N2O4. The topological polar surface area (TPSA) is 83.7 Å². The molecule has 1 rings (SSSR count). The molecule has 112 valence electrons. The SMILES string of the molecule is CCOC(=O)c1nc(OC(F)(F)F)cc(OC)c1CN. The lowest BCUT2D eigenvalue weighted by Crippen LogP contribution is -2.20. The van der Waals surface area contributed by atoms with Crippen molar-refractivity contribution in [2.24, 2.45) is 5.73 Å². The van der Waals surface area contributed by atoms with Crippen LogP contribution in [-0.4, -0.2) is 31.0 Å². The second kappa shape index (κ2) is 6.42. The van der Waals surface area contributed by atoms with E-state index in [1.165, 1.54) is 7.11 Å². The first-order valence-corrected chi connectivity index (χ1v) is 5.53. The molecule has 0 fully saturated rings. The number of halogens is 3. The Hall–Kier alpha value is -2.03. The Labute approximate surface area is 112 Å². The Balaban J connectivity index is 3.30. The van der Waals surface area contributed by atoms with Crippen LogP contribution in [-0.2, 0) is 11.3 Å². The van der Waals surface area contributed by atoms with Crippen molar-refractivity contribution in [1.29, 1.82) is 0 Å². The molecule has 1 aromatic rings. The van der Waals surface area contributed by atoms with Crippen LogP contribution in [0.5, 0.6) is 11.6 Å². The molecule has 1 aromatic heterocycles. The van der Waals surface area contributed by atoms with E-state index < -0.39 is 18.2 Å². The molecule has 0 aliphatic carbocycles. The molecule has 0 aliphatic rings.